The van der Waals surface area contributed by atoms with Crippen LogP contribution in [0.4, 0.5) is 0 Å². The van der Waals surface area contributed by atoms with Crippen LogP contribution in [0.25, 0.3) is 0 Å². The maximum Gasteiger partial charge on any atom is 0.136 e. The minimum Gasteiger partial charge on any atom is -0.300 e. The van der Waals surface area contributed by atoms with Crippen LogP contribution in [0.15, 0.2) is 57.5 Å². The molecule has 116 valence electrons. The van der Waals surface area contributed by atoms with E-state index < -0.39 is 0 Å². The van der Waals surface area contributed by atoms with Gasteiger partial charge in [-0.2, -0.15) is 0 Å². The molecule has 2 atom stereocenters. The van der Waals surface area contributed by atoms with Gasteiger partial charge in [-0.1, -0.05) is 68.3 Å². The van der Waals surface area contributed by atoms with E-state index in [0.717, 1.165) is 20.1 Å². The molecule has 0 saturated heterocycles. The predicted molar refractivity (Wildman–Crippen MR) is 99.7 cm³/mol. The molecule has 0 spiro atoms. The number of Topliss-reactive ketones (excluding diaryl/α,β-unsaturated/α-hetero) is 1. The first-order valence-electron chi connectivity index (χ1n) is 6.77. The maximum absolute atomic E-state index is 12.2. The first kappa shape index (κ1) is 18.0. The molecule has 0 saturated carbocycles. The van der Waals surface area contributed by atoms with Crippen LogP contribution in [0, 0.1) is 0 Å². The largest absolute Gasteiger partial charge is 0.300 e. The van der Waals surface area contributed by atoms with Crippen molar-refractivity contribution in [3.63, 3.8) is 0 Å². The zero-order chi connectivity index (χ0) is 16.1. The molecule has 2 aromatic carbocycles. The highest BCUT2D eigenvalue weighted by Crippen LogP contribution is 2.34. The van der Waals surface area contributed by atoms with Gasteiger partial charge in [-0.15, -0.1) is 23.2 Å². The summed E-state index contributed by atoms with van der Waals surface area (Å²) in [7, 11) is 0. The molecule has 1 nitrogen and oxygen atoms in total. The van der Waals surface area contributed by atoms with E-state index in [-0.39, 0.29) is 29.4 Å². The van der Waals surface area contributed by atoms with Gasteiger partial charge in [0.25, 0.3) is 0 Å². The molecule has 2 aromatic rings. The van der Waals surface area contributed by atoms with Crippen molar-refractivity contribution in [1.29, 1.82) is 0 Å². The molecule has 0 aliphatic heterocycles. The topological polar surface area (TPSA) is 17.1 Å². The molecular weight excluding hydrogens is 451 g/mol. The van der Waals surface area contributed by atoms with Crippen LogP contribution in [0.2, 0.25) is 0 Å². The molecule has 0 heterocycles. The van der Waals surface area contributed by atoms with Crippen LogP contribution in [0.3, 0.4) is 0 Å². The second kappa shape index (κ2) is 8.49. The number of carbonyl (C=O) groups excluding carboxylic acids is 1. The van der Waals surface area contributed by atoms with Crippen molar-refractivity contribution >= 4 is 60.8 Å². The number of alkyl halides is 2. The number of ketones is 1. The van der Waals surface area contributed by atoms with Crippen molar-refractivity contribution in [3.05, 3.63) is 68.6 Å². The molecule has 0 fully saturated rings. The predicted octanol–water partition coefficient (Wildman–Crippen LogP) is 6.82. The second-order valence-corrected chi connectivity index (χ2v) is 7.69. The summed E-state index contributed by atoms with van der Waals surface area (Å²) in [5.74, 6) is 0.0477. The van der Waals surface area contributed by atoms with Crippen LogP contribution >= 0.6 is 55.1 Å². The lowest BCUT2D eigenvalue weighted by Crippen LogP contribution is -2.07. The van der Waals surface area contributed by atoms with Crippen molar-refractivity contribution in [2.24, 2.45) is 0 Å². The van der Waals surface area contributed by atoms with Crippen LogP contribution in [0.1, 0.15) is 34.7 Å². The first-order chi connectivity index (χ1) is 10.5. The van der Waals surface area contributed by atoms with Gasteiger partial charge in [-0.3, -0.25) is 4.79 Å². The van der Waals surface area contributed by atoms with E-state index in [2.05, 4.69) is 31.9 Å². The molecular formula is C17H14Br2Cl2O. The Morgan fingerprint density at radius 2 is 1.18 bits per heavy atom. The van der Waals surface area contributed by atoms with Gasteiger partial charge in [0.05, 0.1) is 10.8 Å². The quantitative estimate of drug-likeness (QED) is 0.428. The number of hydrogen-bond donors (Lipinski definition) is 0. The minimum absolute atomic E-state index is 0.0477. The monoisotopic (exact) mass is 462 g/mol. The Labute approximate surface area is 157 Å². The Morgan fingerprint density at radius 3 is 1.55 bits per heavy atom. The van der Waals surface area contributed by atoms with Crippen LogP contribution in [0.5, 0.6) is 0 Å². The molecule has 0 aliphatic rings. The highest BCUT2D eigenvalue weighted by atomic mass is 79.9. The van der Waals surface area contributed by atoms with E-state index in [1.54, 1.807) is 0 Å². The lowest BCUT2D eigenvalue weighted by Gasteiger charge is -2.14. The molecule has 5 heteroatoms. The van der Waals surface area contributed by atoms with Crippen molar-refractivity contribution in [2.75, 3.05) is 0 Å². The normalized spacial score (nSPS) is 13.6. The summed E-state index contributed by atoms with van der Waals surface area (Å²) in [5.41, 5.74) is 1.84. The molecule has 0 N–H and O–H groups in total. The number of halogens is 4. The fourth-order valence-electron chi connectivity index (χ4n) is 2.16. The van der Waals surface area contributed by atoms with Crippen LogP contribution < -0.4 is 0 Å². The Kier molecular flexibility index (Phi) is 6.94. The minimum atomic E-state index is -0.355. The number of benzene rings is 2. The second-order valence-electron chi connectivity index (χ2n) is 4.93. The van der Waals surface area contributed by atoms with Gasteiger partial charge >= 0.3 is 0 Å². The number of carbonyl (C=O) groups is 1. The molecule has 0 radical (unpaired) electrons. The summed E-state index contributed by atoms with van der Waals surface area (Å²) in [6.07, 6.45) is 0.523. The van der Waals surface area contributed by atoms with Gasteiger partial charge in [0.15, 0.2) is 0 Å². The summed E-state index contributed by atoms with van der Waals surface area (Å²) < 4.78 is 1.83. The zero-order valence-electron chi connectivity index (χ0n) is 11.6. The van der Waals surface area contributed by atoms with Crippen molar-refractivity contribution in [3.8, 4) is 0 Å². The van der Waals surface area contributed by atoms with E-state index in [0.29, 0.717) is 0 Å². The third-order valence-electron chi connectivity index (χ3n) is 3.30. The van der Waals surface area contributed by atoms with E-state index in [9.17, 15) is 4.79 Å². The van der Waals surface area contributed by atoms with Gasteiger partial charge in [-0.25, -0.2) is 0 Å². The third kappa shape index (κ3) is 4.82. The molecule has 0 amide bonds. The summed E-state index contributed by atoms with van der Waals surface area (Å²) in [4.78, 5) is 12.2. The zero-order valence-corrected chi connectivity index (χ0v) is 16.3. The summed E-state index contributed by atoms with van der Waals surface area (Å²) in [5, 5.41) is -0.711. The van der Waals surface area contributed by atoms with Gasteiger partial charge in [0.2, 0.25) is 0 Å². The van der Waals surface area contributed by atoms with Gasteiger partial charge in [0, 0.05) is 21.8 Å². The summed E-state index contributed by atoms with van der Waals surface area (Å²) in [6.45, 7) is 0. The van der Waals surface area contributed by atoms with Crippen molar-refractivity contribution in [2.45, 2.75) is 23.6 Å². The third-order valence-corrected chi connectivity index (χ3v) is 5.52. The summed E-state index contributed by atoms with van der Waals surface area (Å²) in [6, 6.07) is 15.3. The molecule has 2 unspecified atom stereocenters. The average molecular weight is 465 g/mol. The van der Waals surface area contributed by atoms with Crippen molar-refractivity contribution < 1.29 is 4.79 Å². The first-order valence-corrected chi connectivity index (χ1v) is 9.23. The molecule has 0 bridgehead atoms. The van der Waals surface area contributed by atoms with E-state index in [4.69, 9.17) is 23.2 Å². The van der Waals surface area contributed by atoms with Crippen molar-refractivity contribution in [1.82, 2.24) is 0 Å². The summed E-state index contributed by atoms with van der Waals surface area (Å²) >= 11 is 19.6. The smallest absolute Gasteiger partial charge is 0.136 e. The fourth-order valence-corrected chi connectivity index (χ4v) is 4.27. The standard InChI is InChI=1S/C17H14Br2Cl2O/c18-14-7-3-1-5-12(14)16(20)9-11(22)10-17(21)13-6-2-4-8-15(13)19/h1-8,16-17H,9-10H2. The highest BCUT2D eigenvalue weighted by Gasteiger charge is 2.20. The Hall–Kier alpha value is -0.350. The molecule has 2 rings (SSSR count). The lowest BCUT2D eigenvalue weighted by molar-refractivity contribution is -0.119. The number of hydrogen-bond acceptors (Lipinski definition) is 1. The SMILES string of the molecule is O=C(CC(Cl)c1ccccc1Br)CC(Cl)c1ccccc1Br. The Morgan fingerprint density at radius 1 is 0.818 bits per heavy atom. The van der Waals surface area contributed by atoms with E-state index in [1.807, 2.05) is 48.5 Å². The highest BCUT2D eigenvalue weighted by molar-refractivity contribution is 9.10. The molecule has 0 aliphatic carbocycles. The molecule has 22 heavy (non-hydrogen) atoms. The lowest BCUT2D eigenvalue weighted by atomic mass is 10.0. The Bertz CT molecular complexity index is 605. The average Bonchev–Trinajstić information content (AvgIpc) is 2.47. The maximum atomic E-state index is 12.2. The Balaban J connectivity index is 1.98. The fraction of sp³-hybridized carbons (Fsp3) is 0.235. The van der Waals surface area contributed by atoms with E-state index >= 15 is 0 Å². The number of rotatable bonds is 6. The van der Waals surface area contributed by atoms with Gasteiger partial charge in [0.1, 0.15) is 5.78 Å². The molecule has 0 aromatic heterocycles. The van der Waals surface area contributed by atoms with E-state index in [1.165, 1.54) is 0 Å². The van der Waals surface area contributed by atoms with Gasteiger partial charge < -0.3 is 0 Å². The van der Waals surface area contributed by atoms with Crippen LogP contribution in [-0.2, 0) is 4.79 Å². The van der Waals surface area contributed by atoms with Crippen LogP contribution in [-0.4, -0.2) is 5.78 Å². The van der Waals surface area contributed by atoms with Gasteiger partial charge in [-0.05, 0) is 23.3 Å².